The quantitative estimate of drug-likeness (QED) is 0.211. The van der Waals surface area contributed by atoms with Crippen LogP contribution in [0, 0.1) is 0 Å². The fraction of sp³-hybridized carbons (Fsp3) is 1.00. The van der Waals surface area contributed by atoms with Crippen LogP contribution in [-0.2, 0) is 14.2 Å². The van der Waals surface area contributed by atoms with E-state index in [1.54, 1.807) is 0 Å². The zero-order valence-electron chi connectivity index (χ0n) is 19.7. The minimum atomic E-state index is 0.0666. The highest BCUT2D eigenvalue weighted by Crippen LogP contribution is 2.09. The van der Waals surface area contributed by atoms with Gasteiger partial charge in [0.25, 0.3) is 0 Å². The van der Waals surface area contributed by atoms with Crippen molar-refractivity contribution in [3.63, 3.8) is 0 Å². The van der Waals surface area contributed by atoms with Gasteiger partial charge in [-0.15, -0.1) is 0 Å². The van der Waals surface area contributed by atoms with Gasteiger partial charge in [0.05, 0.1) is 46.2 Å². The summed E-state index contributed by atoms with van der Waals surface area (Å²) in [6, 6.07) is 0. The van der Waals surface area contributed by atoms with Crippen LogP contribution in [0.3, 0.4) is 0 Å². The van der Waals surface area contributed by atoms with Crippen molar-refractivity contribution in [3.05, 3.63) is 0 Å². The summed E-state index contributed by atoms with van der Waals surface area (Å²) in [7, 11) is 0. The maximum atomic E-state index is 8.63. The molecule has 1 N–H and O–H groups in total. The zero-order valence-corrected chi connectivity index (χ0v) is 19.7. The summed E-state index contributed by atoms with van der Waals surface area (Å²) in [6.45, 7) is 11.6. The zero-order chi connectivity index (χ0) is 21.3. The first kappa shape index (κ1) is 28.8. The molecule has 0 aliphatic rings. The average molecular weight is 418 g/mol. The lowest BCUT2D eigenvalue weighted by Crippen LogP contribution is -2.30. The molecule has 0 amide bonds. The van der Waals surface area contributed by atoms with Crippen LogP contribution < -0.4 is 0 Å². The van der Waals surface area contributed by atoms with Crippen LogP contribution in [0.15, 0.2) is 0 Å². The van der Waals surface area contributed by atoms with Gasteiger partial charge >= 0.3 is 0 Å². The molecule has 0 heterocycles. The normalized spacial score (nSPS) is 11.6. The SMILES string of the molecule is CCCCCCCCN(CCCCCCCC)CCOCCOCCOCCO. The molecule has 0 spiro atoms. The van der Waals surface area contributed by atoms with Crippen molar-refractivity contribution < 1.29 is 19.3 Å². The topological polar surface area (TPSA) is 51.2 Å². The first-order valence-electron chi connectivity index (χ1n) is 12.4. The van der Waals surface area contributed by atoms with E-state index >= 15 is 0 Å². The van der Waals surface area contributed by atoms with Crippen molar-refractivity contribution >= 4 is 0 Å². The van der Waals surface area contributed by atoms with E-state index in [-0.39, 0.29) is 6.61 Å². The number of nitrogens with zero attached hydrogens (tertiary/aromatic N) is 1. The Morgan fingerprint density at radius 3 is 1.38 bits per heavy atom. The van der Waals surface area contributed by atoms with Crippen molar-refractivity contribution in [3.8, 4) is 0 Å². The Hall–Kier alpha value is -0.200. The smallest absolute Gasteiger partial charge is 0.0701 e. The monoisotopic (exact) mass is 417 g/mol. The van der Waals surface area contributed by atoms with Crippen molar-refractivity contribution in [2.45, 2.75) is 90.9 Å². The number of ether oxygens (including phenoxy) is 3. The van der Waals surface area contributed by atoms with Gasteiger partial charge in [-0.3, -0.25) is 0 Å². The molecule has 5 nitrogen and oxygen atoms in total. The second-order valence-corrected chi connectivity index (χ2v) is 7.94. The summed E-state index contributed by atoms with van der Waals surface area (Å²) in [5.74, 6) is 0. The van der Waals surface area contributed by atoms with Gasteiger partial charge in [0.1, 0.15) is 0 Å². The van der Waals surface area contributed by atoms with Gasteiger partial charge < -0.3 is 24.2 Å². The Kier molecular flexibility index (Phi) is 25.7. The summed E-state index contributed by atoms with van der Waals surface area (Å²) in [4.78, 5) is 2.60. The Bertz CT molecular complexity index is 276. The molecule has 176 valence electrons. The summed E-state index contributed by atoms with van der Waals surface area (Å²) in [6.07, 6.45) is 16.3. The predicted octanol–water partition coefficient (Wildman–Crippen LogP) is 5.05. The van der Waals surface area contributed by atoms with Crippen LogP contribution >= 0.6 is 0 Å². The lowest BCUT2D eigenvalue weighted by Gasteiger charge is -2.22. The number of hydrogen-bond acceptors (Lipinski definition) is 5. The molecule has 0 bridgehead atoms. The predicted molar refractivity (Wildman–Crippen MR) is 123 cm³/mol. The van der Waals surface area contributed by atoms with Crippen LogP contribution in [0.2, 0.25) is 0 Å². The second-order valence-electron chi connectivity index (χ2n) is 7.94. The molecule has 0 unspecified atom stereocenters. The average Bonchev–Trinajstić information content (AvgIpc) is 2.73. The Labute approximate surface area is 181 Å². The van der Waals surface area contributed by atoms with Gasteiger partial charge in [0, 0.05) is 6.54 Å². The molecule has 0 saturated carbocycles. The minimum Gasteiger partial charge on any atom is -0.394 e. The van der Waals surface area contributed by atoms with E-state index in [2.05, 4.69) is 18.7 Å². The summed E-state index contributed by atoms with van der Waals surface area (Å²) in [5, 5.41) is 8.63. The van der Waals surface area contributed by atoms with Gasteiger partial charge in [-0.25, -0.2) is 0 Å². The largest absolute Gasteiger partial charge is 0.394 e. The van der Waals surface area contributed by atoms with Gasteiger partial charge in [0.2, 0.25) is 0 Å². The number of aliphatic hydroxyl groups is 1. The van der Waals surface area contributed by atoms with Gasteiger partial charge in [-0.2, -0.15) is 0 Å². The molecule has 0 aliphatic carbocycles. The highest BCUT2D eigenvalue weighted by Gasteiger charge is 2.05. The Morgan fingerprint density at radius 1 is 0.483 bits per heavy atom. The highest BCUT2D eigenvalue weighted by molar-refractivity contribution is 4.59. The van der Waals surface area contributed by atoms with Gasteiger partial charge in [-0.1, -0.05) is 78.1 Å². The molecule has 0 aliphatic heterocycles. The molecular weight excluding hydrogens is 366 g/mol. The van der Waals surface area contributed by atoms with E-state index in [4.69, 9.17) is 19.3 Å². The standard InChI is InChI=1S/C24H51NO4/c1-3-5-7-9-11-13-15-25(16-14-12-10-8-6-4-2)17-19-27-21-23-29-24-22-28-20-18-26/h26H,3-24H2,1-2H3. The molecule has 0 fully saturated rings. The lowest BCUT2D eigenvalue weighted by atomic mass is 10.1. The third-order valence-electron chi connectivity index (χ3n) is 5.19. The molecule has 0 radical (unpaired) electrons. The van der Waals surface area contributed by atoms with Crippen LogP contribution in [0.4, 0.5) is 0 Å². The van der Waals surface area contributed by atoms with E-state index in [1.807, 2.05) is 0 Å². The van der Waals surface area contributed by atoms with Crippen LogP contribution in [-0.4, -0.2) is 75.9 Å². The van der Waals surface area contributed by atoms with Crippen molar-refractivity contribution in [1.29, 1.82) is 0 Å². The molecule has 29 heavy (non-hydrogen) atoms. The van der Waals surface area contributed by atoms with E-state index in [0.717, 1.165) is 13.2 Å². The molecule has 0 aromatic carbocycles. The molecule has 5 heteroatoms. The van der Waals surface area contributed by atoms with Crippen molar-refractivity contribution in [1.82, 2.24) is 4.90 Å². The summed E-state index contributed by atoms with van der Waals surface area (Å²) in [5.41, 5.74) is 0. The van der Waals surface area contributed by atoms with Gasteiger partial charge in [0.15, 0.2) is 0 Å². The molecular formula is C24H51NO4. The Balaban J connectivity index is 3.74. The highest BCUT2D eigenvalue weighted by atomic mass is 16.5. The maximum Gasteiger partial charge on any atom is 0.0701 e. The number of unbranched alkanes of at least 4 members (excludes halogenated alkanes) is 10. The lowest BCUT2D eigenvalue weighted by molar-refractivity contribution is 0.00449. The van der Waals surface area contributed by atoms with E-state index in [1.165, 1.54) is 90.1 Å². The van der Waals surface area contributed by atoms with Crippen LogP contribution in [0.5, 0.6) is 0 Å². The fourth-order valence-electron chi connectivity index (χ4n) is 3.37. The number of hydrogen-bond donors (Lipinski definition) is 1. The van der Waals surface area contributed by atoms with E-state index in [9.17, 15) is 0 Å². The third-order valence-corrected chi connectivity index (χ3v) is 5.19. The first-order valence-corrected chi connectivity index (χ1v) is 12.4. The van der Waals surface area contributed by atoms with Crippen molar-refractivity contribution in [2.75, 3.05) is 65.9 Å². The second kappa shape index (κ2) is 25.8. The third kappa shape index (κ3) is 23.9. The molecule has 0 atom stereocenters. The maximum absolute atomic E-state index is 8.63. The molecule has 0 aromatic heterocycles. The summed E-state index contributed by atoms with van der Waals surface area (Å²) < 4.78 is 16.4. The van der Waals surface area contributed by atoms with Crippen molar-refractivity contribution in [2.24, 2.45) is 0 Å². The fourth-order valence-corrected chi connectivity index (χ4v) is 3.37. The van der Waals surface area contributed by atoms with Gasteiger partial charge in [-0.05, 0) is 25.9 Å². The number of aliphatic hydroxyl groups excluding tert-OH is 1. The molecule has 0 aromatic rings. The number of rotatable bonds is 25. The molecule has 0 rings (SSSR count). The van der Waals surface area contributed by atoms with E-state index < -0.39 is 0 Å². The van der Waals surface area contributed by atoms with Crippen LogP contribution in [0.25, 0.3) is 0 Å². The first-order chi connectivity index (χ1) is 14.3. The van der Waals surface area contributed by atoms with Crippen LogP contribution in [0.1, 0.15) is 90.9 Å². The summed E-state index contributed by atoms with van der Waals surface area (Å²) >= 11 is 0. The molecule has 0 saturated heterocycles. The minimum absolute atomic E-state index is 0.0666. The van der Waals surface area contributed by atoms with E-state index in [0.29, 0.717) is 33.0 Å². The Morgan fingerprint density at radius 2 is 0.897 bits per heavy atom.